The molecule has 64 heavy (non-hydrogen) atoms. The highest BCUT2D eigenvalue weighted by molar-refractivity contribution is 14.1. The molecule has 10 aromatic rings. The predicted molar refractivity (Wildman–Crippen MR) is 284 cm³/mol. The smallest absolute Gasteiger partial charge is 0.455 e. The summed E-state index contributed by atoms with van der Waals surface area (Å²) in [7, 11) is -0.427. The van der Waals surface area contributed by atoms with E-state index >= 15 is 0 Å². The zero-order chi connectivity index (χ0) is 44.8. The van der Waals surface area contributed by atoms with Crippen molar-refractivity contribution in [1.29, 1.82) is 0 Å². The van der Waals surface area contributed by atoms with Crippen molar-refractivity contribution in [3.8, 4) is 33.4 Å². The van der Waals surface area contributed by atoms with Gasteiger partial charge in [-0.1, -0.05) is 182 Å². The summed E-state index contributed by atoms with van der Waals surface area (Å²) in [5.74, 6) is 0. The molecular weight excluding hydrogens is 1080 g/mol. The third-order valence-corrected chi connectivity index (χ3v) is 14.8. The Labute approximate surface area is 413 Å². The van der Waals surface area contributed by atoms with Crippen molar-refractivity contribution in [2.24, 2.45) is 0 Å². The minimum absolute atomic E-state index is 0.378. The van der Waals surface area contributed by atoms with Gasteiger partial charge in [-0.2, -0.15) is 0 Å². The molecule has 11 rings (SSSR count). The number of benzene rings is 8. The van der Waals surface area contributed by atoms with E-state index in [4.69, 9.17) is 41.3 Å². The zero-order valence-electron chi connectivity index (χ0n) is 35.3. The highest BCUT2D eigenvalue weighted by Gasteiger charge is 2.52. The quantitative estimate of drug-likeness (QED) is 0.130. The summed E-state index contributed by atoms with van der Waals surface area (Å²) in [6.45, 7) is 8.21. The first-order chi connectivity index (χ1) is 30.8. The maximum Gasteiger partial charge on any atom is 0.495 e. The summed E-state index contributed by atoms with van der Waals surface area (Å²) in [5.41, 5.74) is 10.5. The molecule has 0 N–H and O–H groups in total. The lowest BCUT2D eigenvalue weighted by molar-refractivity contribution is 0.00578. The van der Waals surface area contributed by atoms with Gasteiger partial charge >= 0.3 is 7.12 Å². The van der Waals surface area contributed by atoms with E-state index < -0.39 is 7.12 Å². The number of para-hydroxylation sites is 2. The van der Waals surface area contributed by atoms with E-state index in [0.717, 1.165) is 69.4 Å². The first kappa shape index (κ1) is 44.8. The molecule has 4 nitrogen and oxygen atoms in total. The van der Waals surface area contributed by atoms with Crippen LogP contribution in [0.5, 0.6) is 0 Å². The molecule has 0 atom stereocenters. The van der Waals surface area contributed by atoms with Crippen LogP contribution in [0.3, 0.4) is 0 Å². The van der Waals surface area contributed by atoms with Crippen molar-refractivity contribution in [3.63, 3.8) is 0 Å². The molecule has 0 spiro atoms. The Balaban J connectivity index is 0.000000128. The van der Waals surface area contributed by atoms with Gasteiger partial charge in [0, 0.05) is 34.1 Å². The van der Waals surface area contributed by atoms with Gasteiger partial charge in [-0.05, 0) is 132 Å². The SMILES string of the molecule is Brc1ccccc1-c1ccccc1I.CC1(C)OB(c2cccc3oc4c(Cl)cccc4c23)OC1(C)C.Clc1cccc2c1oc1cccc(-c3ccccc3-c3ccccc3Br)c12. The Hall–Kier alpha value is -4.39. The number of hydrogen-bond donors (Lipinski definition) is 0. The van der Waals surface area contributed by atoms with Crippen molar-refractivity contribution < 1.29 is 18.1 Å². The highest BCUT2D eigenvalue weighted by atomic mass is 127. The number of fused-ring (bicyclic) bond motifs is 6. The van der Waals surface area contributed by atoms with Crippen molar-refractivity contribution in [2.75, 3.05) is 0 Å². The van der Waals surface area contributed by atoms with Gasteiger partial charge in [0.1, 0.15) is 11.2 Å². The van der Waals surface area contributed by atoms with E-state index in [9.17, 15) is 0 Å². The van der Waals surface area contributed by atoms with Gasteiger partial charge < -0.3 is 18.1 Å². The van der Waals surface area contributed by atoms with Crippen molar-refractivity contribution in [3.05, 3.63) is 192 Å². The van der Waals surface area contributed by atoms with E-state index in [1.807, 2.05) is 72.8 Å². The normalized spacial score (nSPS) is 14.1. The van der Waals surface area contributed by atoms with Gasteiger partial charge in [-0.15, -0.1) is 0 Å². The molecular formula is C54H40BBr2Cl2IO4. The molecule has 318 valence electrons. The number of rotatable bonds is 4. The molecule has 10 heteroatoms. The molecule has 0 radical (unpaired) electrons. The maximum atomic E-state index is 6.37. The minimum Gasteiger partial charge on any atom is -0.455 e. The number of hydrogen-bond acceptors (Lipinski definition) is 4. The Morgan fingerprint density at radius 3 is 1.39 bits per heavy atom. The largest absolute Gasteiger partial charge is 0.495 e. The molecule has 1 aliphatic rings. The molecule has 2 aromatic heterocycles. The van der Waals surface area contributed by atoms with Crippen LogP contribution in [0.2, 0.25) is 10.0 Å². The summed E-state index contributed by atoms with van der Waals surface area (Å²) < 4.78 is 27.9. The monoisotopic (exact) mass is 1120 g/mol. The van der Waals surface area contributed by atoms with Crippen LogP contribution in [0.15, 0.2) is 188 Å². The lowest BCUT2D eigenvalue weighted by Gasteiger charge is -2.32. The molecule has 0 aliphatic carbocycles. The van der Waals surface area contributed by atoms with Gasteiger partial charge in [0.25, 0.3) is 0 Å². The second-order valence-corrected chi connectivity index (χ2v) is 20.1. The molecule has 0 unspecified atom stereocenters. The lowest BCUT2D eigenvalue weighted by atomic mass is 9.76. The molecule has 0 saturated carbocycles. The zero-order valence-corrected chi connectivity index (χ0v) is 42.1. The molecule has 1 saturated heterocycles. The maximum absolute atomic E-state index is 6.37. The van der Waals surface area contributed by atoms with Gasteiger partial charge in [0.05, 0.1) is 21.2 Å². The van der Waals surface area contributed by atoms with Crippen LogP contribution < -0.4 is 5.46 Å². The van der Waals surface area contributed by atoms with Crippen LogP contribution in [0.25, 0.3) is 77.3 Å². The van der Waals surface area contributed by atoms with Crippen molar-refractivity contribution >= 4 is 134 Å². The predicted octanol–water partition coefficient (Wildman–Crippen LogP) is 17.6. The average Bonchev–Trinajstić information content (AvgIpc) is 3.94. The molecule has 8 aromatic carbocycles. The van der Waals surface area contributed by atoms with Crippen molar-refractivity contribution in [2.45, 2.75) is 38.9 Å². The topological polar surface area (TPSA) is 44.7 Å². The summed E-state index contributed by atoms with van der Waals surface area (Å²) >= 11 is 22.3. The molecule has 1 aliphatic heterocycles. The minimum atomic E-state index is -0.427. The average molecular weight is 1120 g/mol. The van der Waals surface area contributed by atoms with E-state index in [0.29, 0.717) is 15.6 Å². The van der Waals surface area contributed by atoms with Gasteiger partial charge in [-0.25, -0.2) is 0 Å². The van der Waals surface area contributed by atoms with Gasteiger partial charge in [0.2, 0.25) is 0 Å². The Morgan fingerprint density at radius 1 is 0.438 bits per heavy atom. The first-order valence-electron chi connectivity index (χ1n) is 20.7. The second kappa shape index (κ2) is 18.5. The second-order valence-electron chi connectivity index (χ2n) is 16.4. The van der Waals surface area contributed by atoms with Gasteiger partial charge in [-0.3, -0.25) is 0 Å². The Morgan fingerprint density at radius 2 is 0.844 bits per heavy atom. The van der Waals surface area contributed by atoms with Crippen LogP contribution >= 0.6 is 77.7 Å². The van der Waals surface area contributed by atoms with E-state index in [1.165, 1.54) is 20.3 Å². The summed E-state index contributed by atoms with van der Waals surface area (Å²) in [6, 6.07) is 57.2. The third-order valence-electron chi connectivity index (χ3n) is 11.9. The van der Waals surface area contributed by atoms with E-state index in [1.54, 1.807) is 0 Å². The van der Waals surface area contributed by atoms with Crippen molar-refractivity contribution in [1.82, 2.24) is 0 Å². The number of furan rings is 2. The standard InChI is InChI=1S/C24H14BrClO.C18H18BClO3.C12H8BrI/c25-20-12-4-3-9-17(20)15-7-1-2-8-16(15)18-10-6-14-22-23(18)19-11-5-13-21(26)24(19)27-22;1-17(2)18(3,4)23-19(22-17)12-8-6-10-14-15(12)11-7-5-9-13(20)16(11)21-14;13-11-7-3-1-5-9(11)10-6-2-4-8-12(10)14/h1-14H;5-10H,1-4H3;1-8H. The van der Waals surface area contributed by atoms with Crippen LogP contribution in [-0.2, 0) is 9.31 Å². The van der Waals surface area contributed by atoms with Crippen LogP contribution in [0.1, 0.15) is 27.7 Å². The third kappa shape index (κ3) is 8.59. The molecule has 0 amide bonds. The van der Waals surface area contributed by atoms with Crippen LogP contribution in [0, 0.1) is 3.57 Å². The number of halogens is 5. The van der Waals surface area contributed by atoms with Gasteiger partial charge in [0.15, 0.2) is 11.2 Å². The fraction of sp³-hybridized carbons (Fsp3) is 0.111. The van der Waals surface area contributed by atoms with Crippen LogP contribution in [0.4, 0.5) is 0 Å². The summed E-state index contributed by atoms with van der Waals surface area (Å²) in [4.78, 5) is 0. The van der Waals surface area contributed by atoms with Crippen LogP contribution in [-0.4, -0.2) is 18.3 Å². The summed E-state index contributed by atoms with van der Waals surface area (Å²) in [6.07, 6.45) is 0. The highest BCUT2D eigenvalue weighted by Crippen LogP contribution is 2.44. The molecule has 1 fully saturated rings. The molecule has 3 heterocycles. The lowest BCUT2D eigenvalue weighted by Crippen LogP contribution is -2.41. The molecule has 0 bridgehead atoms. The van der Waals surface area contributed by atoms with E-state index in [-0.39, 0.29) is 11.2 Å². The Kier molecular flexibility index (Phi) is 12.9. The fourth-order valence-electron chi connectivity index (χ4n) is 8.04. The summed E-state index contributed by atoms with van der Waals surface area (Å²) in [5, 5.41) is 5.36. The first-order valence-corrected chi connectivity index (χ1v) is 24.1. The van der Waals surface area contributed by atoms with E-state index in [2.05, 4.69) is 179 Å². The fourth-order valence-corrected chi connectivity index (χ4v) is 10.1. The Bertz CT molecular complexity index is 3280.